The lowest BCUT2D eigenvalue weighted by Crippen LogP contribution is -2.37. The number of benzene rings is 1. The predicted molar refractivity (Wildman–Crippen MR) is 85.5 cm³/mol. The van der Waals surface area contributed by atoms with Gasteiger partial charge in [0.05, 0.1) is 28.9 Å². The highest BCUT2D eigenvalue weighted by Gasteiger charge is 2.22. The standard InChI is InChI=1S/C13H16Cl2N2O3S.H2O/c1-3-16-9(2)17(5-4-6-21(18,19)20)13-8-11(15)10(14)7-12(13)16;/h7-8H,3-6H2,1-2H3;1H2. The summed E-state index contributed by atoms with van der Waals surface area (Å²) in [7, 11) is -3.94. The van der Waals surface area contributed by atoms with Crippen molar-refractivity contribution in [1.29, 1.82) is 0 Å². The molecular weight excluding hydrogens is 351 g/mol. The molecule has 1 aromatic carbocycles. The normalized spacial score (nSPS) is 11.7. The summed E-state index contributed by atoms with van der Waals surface area (Å²) >= 11 is 12.2. The van der Waals surface area contributed by atoms with Gasteiger partial charge in [-0.1, -0.05) is 23.2 Å². The first-order valence-corrected chi connectivity index (χ1v) is 8.94. The molecule has 0 aliphatic heterocycles. The van der Waals surface area contributed by atoms with Gasteiger partial charge in [-0.15, -0.1) is 0 Å². The molecule has 0 amide bonds. The highest BCUT2D eigenvalue weighted by atomic mass is 35.5. The van der Waals surface area contributed by atoms with Gasteiger partial charge in [0.1, 0.15) is 0 Å². The smallest absolute Gasteiger partial charge is 0.265 e. The van der Waals surface area contributed by atoms with Crippen molar-refractivity contribution in [2.24, 2.45) is 0 Å². The van der Waals surface area contributed by atoms with Crippen LogP contribution in [-0.4, -0.2) is 28.8 Å². The molecule has 0 saturated carbocycles. The Kier molecular flexibility index (Phi) is 6.23. The molecule has 1 aromatic heterocycles. The van der Waals surface area contributed by atoms with Gasteiger partial charge in [0.2, 0.25) is 0 Å². The summed E-state index contributed by atoms with van der Waals surface area (Å²) in [6.07, 6.45) is 0.327. The van der Waals surface area contributed by atoms with E-state index in [0.717, 1.165) is 23.4 Å². The van der Waals surface area contributed by atoms with Crippen LogP contribution in [0.5, 0.6) is 0 Å². The summed E-state index contributed by atoms with van der Waals surface area (Å²) in [4.78, 5) is 0. The number of halogens is 2. The average Bonchev–Trinajstić information content (AvgIpc) is 2.61. The first-order valence-electron chi connectivity index (χ1n) is 6.57. The molecule has 0 aliphatic carbocycles. The van der Waals surface area contributed by atoms with Crippen molar-refractivity contribution in [2.45, 2.75) is 33.4 Å². The van der Waals surface area contributed by atoms with Crippen LogP contribution in [0, 0.1) is 6.92 Å². The molecule has 6 nitrogen and oxygen atoms in total. The molecule has 0 fully saturated rings. The van der Waals surface area contributed by atoms with Crippen LogP contribution >= 0.6 is 23.2 Å². The first-order chi connectivity index (χ1) is 9.74. The maximum Gasteiger partial charge on any atom is 0.265 e. The van der Waals surface area contributed by atoms with Crippen molar-refractivity contribution in [3.05, 3.63) is 28.0 Å². The number of imidazole rings is 1. The Morgan fingerprint density at radius 1 is 1.27 bits per heavy atom. The van der Waals surface area contributed by atoms with Crippen LogP contribution in [0.3, 0.4) is 0 Å². The summed E-state index contributed by atoms with van der Waals surface area (Å²) in [5, 5.41) is 0.947. The van der Waals surface area contributed by atoms with Crippen molar-refractivity contribution in [2.75, 3.05) is 5.75 Å². The third-order valence-electron chi connectivity index (χ3n) is 3.48. The van der Waals surface area contributed by atoms with Crippen LogP contribution < -0.4 is 4.57 Å². The van der Waals surface area contributed by atoms with Gasteiger partial charge in [-0.25, -0.2) is 9.13 Å². The van der Waals surface area contributed by atoms with E-state index in [4.69, 9.17) is 27.8 Å². The van der Waals surface area contributed by atoms with Crippen molar-refractivity contribution in [3.8, 4) is 0 Å². The molecule has 2 aromatic rings. The molecule has 9 heteroatoms. The molecule has 1 heterocycles. The fourth-order valence-electron chi connectivity index (χ4n) is 2.54. The van der Waals surface area contributed by atoms with E-state index in [9.17, 15) is 8.42 Å². The first kappa shape index (κ1) is 19.2. The number of nitrogens with zero attached hydrogens (tertiary/aromatic N) is 2. The van der Waals surface area contributed by atoms with Crippen molar-refractivity contribution in [1.82, 2.24) is 4.57 Å². The molecule has 2 rings (SSSR count). The molecule has 124 valence electrons. The second-order valence-corrected chi connectivity index (χ2v) is 7.22. The maximum absolute atomic E-state index is 10.8. The van der Waals surface area contributed by atoms with Gasteiger partial charge in [0.15, 0.2) is 11.0 Å². The molecule has 0 saturated heterocycles. The van der Waals surface area contributed by atoms with E-state index in [1.807, 2.05) is 24.5 Å². The number of hydrogen-bond donors (Lipinski definition) is 1. The second-order valence-electron chi connectivity index (χ2n) is 4.84. The zero-order chi connectivity index (χ0) is 15.8. The van der Waals surface area contributed by atoms with E-state index in [2.05, 4.69) is 4.57 Å². The number of hydrogen-bond acceptors (Lipinski definition) is 3. The van der Waals surface area contributed by atoms with E-state index in [-0.39, 0.29) is 11.2 Å². The lowest BCUT2D eigenvalue weighted by Gasteiger charge is -2.00. The monoisotopic (exact) mass is 368 g/mol. The van der Waals surface area contributed by atoms with Gasteiger partial charge >= 0.3 is 0 Å². The second kappa shape index (κ2) is 7.14. The summed E-state index contributed by atoms with van der Waals surface area (Å²) < 4.78 is 34.6. The Bertz CT molecular complexity index is 787. The Balaban J connectivity index is 0.00000242. The Morgan fingerprint density at radius 3 is 2.41 bits per heavy atom. The van der Waals surface area contributed by atoms with Gasteiger partial charge < -0.3 is 5.48 Å². The van der Waals surface area contributed by atoms with Gasteiger partial charge in [0.25, 0.3) is 15.9 Å². The Morgan fingerprint density at radius 2 is 1.86 bits per heavy atom. The lowest BCUT2D eigenvalue weighted by molar-refractivity contribution is -0.678. The highest BCUT2D eigenvalue weighted by Crippen LogP contribution is 2.27. The molecule has 0 spiro atoms. The summed E-state index contributed by atoms with van der Waals surface area (Å²) in [6.45, 7) is 5.23. The fourth-order valence-corrected chi connectivity index (χ4v) is 3.35. The van der Waals surface area contributed by atoms with Crippen LogP contribution in [0.25, 0.3) is 11.0 Å². The largest absolute Gasteiger partial charge is 0.870 e. The fraction of sp³-hybridized carbons (Fsp3) is 0.462. The third-order valence-corrected chi connectivity index (χ3v) is 5.01. The van der Waals surface area contributed by atoms with Gasteiger partial charge in [-0.2, -0.15) is 8.42 Å². The number of fused-ring (bicyclic) bond motifs is 1. The topological polar surface area (TPSA) is 93.2 Å². The maximum atomic E-state index is 10.8. The minimum absolute atomic E-state index is 0. The van der Waals surface area contributed by atoms with Crippen LogP contribution in [0.15, 0.2) is 12.1 Å². The van der Waals surface area contributed by atoms with E-state index in [1.54, 1.807) is 6.07 Å². The summed E-state index contributed by atoms with van der Waals surface area (Å²) in [5.74, 6) is 0.723. The Hall–Kier alpha value is -0.860. The average molecular weight is 369 g/mol. The molecule has 0 aliphatic rings. The minimum Gasteiger partial charge on any atom is -0.870 e. The van der Waals surface area contributed by atoms with Crippen LogP contribution in [-0.2, 0) is 23.2 Å². The minimum atomic E-state index is -3.94. The van der Waals surface area contributed by atoms with Gasteiger partial charge in [-0.3, -0.25) is 4.55 Å². The van der Waals surface area contributed by atoms with E-state index >= 15 is 0 Å². The van der Waals surface area contributed by atoms with Crippen molar-refractivity contribution < 1.29 is 23.0 Å². The lowest BCUT2D eigenvalue weighted by atomic mass is 10.3. The molecule has 22 heavy (non-hydrogen) atoms. The molecular formula is C13H18Cl2N2O4S. The van der Waals surface area contributed by atoms with E-state index < -0.39 is 10.1 Å². The molecule has 0 bridgehead atoms. The third kappa shape index (κ3) is 3.91. The van der Waals surface area contributed by atoms with Gasteiger partial charge in [0, 0.05) is 25.5 Å². The summed E-state index contributed by atoms with van der Waals surface area (Å²) in [6, 6.07) is 3.60. The predicted octanol–water partition coefficient (Wildman–Crippen LogP) is 2.67. The molecule has 2 N–H and O–H groups in total. The number of aromatic nitrogens is 2. The van der Waals surface area contributed by atoms with E-state index in [0.29, 0.717) is 23.0 Å². The zero-order valence-corrected chi connectivity index (χ0v) is 14.6. The van der Waals surface area contributed by atoms with Gasteiger partial charge in [-0.05, 0) is 6.92 Å². The zero-order valence-electron chi connectivity index (χ0n) is 12.3. The van der Waals surface area contributed by atoms with Crippen LogP contribution in [0.2, 0.25) is 10.0 Å². The number of rotatable bonds is 5. The Labute approximate surface area is 139 Å². The van der Waals surface area contributed by atoms with Crippen LogP contribution in [0.4, 0.5) is 0 Å². The van der Waals surface area contributed by atoms with Crippen molar-refractivity contribution in [3.63, 3.8) is 0 Å². The molecule has 0 unspecified atom stereocenters. The molecule has 0 atom stereocenters. The van der Waals surface area contributed by atoms with Crippen LogP contribution in [0.1, 0.15) is 19.2 Å². The highest BCUT2D eigenvalue weighted by molar-refractivity contribution is 7.85. The quantitative estimate of drug-likeness (QED) is 0.648. The molecule has 0 radical (unpaired) electrons. The summed E-state index contributed by atoms with van der Waals surface area (Å²) in [5.41, 5.74) is 1.86. The van der Waals surface area contributed by atoms with E-state index in [1.165, 1.54) is 0 Å². The number of aryl methyl sites for hydroxylation is 2. The van der Waals surface area contributed by atoms with Crippen molar-refractivity contribution >= 4 is 44.4 Å². The SMILES string of the molecule is CCn1c(C)[n+](CCCS(=O)(=O)O)c2cc(Cl)c(Cl)cc21.[OH-].